The number of nitrogens with one attached hydrogen (secondary N) is 1. The molecule has 0 spiro atoms. The zero-order valence-electron chi connectivity index (χ0n) is 16.3. The molecule has 1 N–H and O–H groups in total. The molecule has 2 aromatic carbocycles. The summed E-state index contributed by atoms with van der Waals surface area (Å²) < 4.78 is 5.51. The molecule has 0 saturated heterocycles. The highest BCUT2D eigenvalue weighted by molar-refractivity contribution is 5.95. The van der Waals surface area contributed by atoms with Crippen molar-refractivity contribution in [1.29, 1.82) is 0 Å². The minimum Gasteiger partial charge on any atom is -0.484 e. The van der Waals surface area contributed by atoms with E-state index < -0.39 is 0 Å². The summed E-state index contributed by atoms with van der Waals surface area (Å²) in [5, 5.41) is 2.93. The maximum Gasteiger partial charge on any atom is 0.257 e. The third-order valence-electron chi connectivity index (χ3n) is 4.45. The largest absolute Gasteiger partial charge is 0.484 e. The number of hydrogen-bond donors (Lipinski definition) is 1. The zero-order chi connectivity index (χ0) is 19.6. The van der Waals surface area contributed by atoms with Crippen LogP contribution >= 0.6 is 0 Å². The fraction of sp³-hybridized carbons (Fsp3) is 0.364. The van der Waals surface area contributed by atoms with E-state index in [0.29, 0.717) is 24.3 Å². The Morgan fingerprint density at radius 1 is 1.04 bits per heavy atom. The Morgan fingerprint density at radius 3 is 2.30 bits per heavy atom. The molecule has 0 aliphatic carbocycles. The summed E-state index contributed by atoms with van der Waals surface area (Å²) in [4.78, 5) is 25.8. The maximum atomic E-state index is 12.1. The van der Waals surface area contributed by atoms with E-state index in [1.807, 2.05) is 39.2 Å². The van der Waals surface area contributed by atoms with Gasteiger partial charge in [-0.15, -0.1) is 0 Å². The van der Waals surface area contributed by atoms with Gasteiger partial charge in [-0.3, -0.25) is 9.59 Å². The normalized spacial score (nSPS) is 11.9. The Bertz CT molecular complexity index is 727. The average molecular weight is 368 g/mol. The lowest BCUT2D eigenvalue weighted by Gasteiger charge is -2.24. The summed E-state index contributed by atoms with van der Waals surface area (Å²) >= 11 is 0. The molecule has 27 heavy (non-hydrogen) atoms. The number of ether oxygens (including phenoxy) is 1. The molecule has 2 rings (SSSR count). The summed E-state index contributed by atoms with van der Waals surface area (Å²) in [5.41, 5.74) is 1.90. The fourth-order valence-corrected chi connectivity index (χ4v) is 2.70. The molecule has 5 nitrogen and oxygen atoms in total. The van der Waals surface area contributed by atoms with Gasteiger partial charge in [0, 0.05) is 24.6 Å². The van der Waals surface area contributed by atoms with Crippen molar-refractivity contribution in [3.8, 4) is 5.75 Å². The fourth-order valence-electron chi connectivity index (χ4n) is 2.70. The van der Waals surface area contributed by atoms with E-state index in [0.717, 1.165) is 6.42 Å². The van der Waals surface area contributed by atoms with Gasteiger partial charge < -0.3 is 15.0 Å². The van der Waals surface area contributed by atoms with Gasteiger partial charge in [0.05, 0.1) is 0 Å². The van der Waals surface area contributed by atoms with Gasteiger partial charge in [0.2, 0.25) is 0 Å². The zero-order valence-corrected chi connectivity index (χ0v) is 16.3. The molecular weight excluding hydrogens is 340 g/mol. The van der Waals surface area contributed by atoms with Crippen LogP contribution in [0.3, 0.4) is 0 Å². The smallest absolute Gasteiger partial charge is 0.257 e. The van der Waals surface area contributed by atoms with Crippen LogP contribution in [-0.2, 0) is 11.2 Å². The second kappa shape index (κ2) is 10.5. The van der Waals surface area contributed by atoms with E-state index in [2.05, 4.69) is 22.3 Å². The second-order valence-corrected chi connectivity index (χ2v) is 6.70. The minimum atomic E-state index is -0.163. The van der Waals surface area contributed by atoms with E-state index in [4.69, 9.17) is 4.74 Å². The standard InChI is InChI=1S/C22H28N2O3/c1-4-21(25)18-10-12-20(13-11-18)27-16-22(26)23-15-19(24(2)3)14-17-8-6-5-7-9-17/h5-13,19H,4,14-16H2,1-3H3,(H,23,26). The molecule has 0 aliphatic heterocycles. The van der Waals surface area contributed by atoms with E-state index in [1.54, 1.807) is 24.3 Å². The van der Waals surface area contributed by atoms with Crippen molar-refractivity contribution in [3.63, 3.8) is 0 Å². The lowest BCUT2D eigenvalue weighted by atomic mass is 10.1. The number of rotatable bonds is 10. The van der Waals surface area contributed by atoms with E-state index in [-0.39, 0.29) is 24.3 Å². The molecule has 0 bridgehead atoms. The van der Waals surface area contributed by atoms with Crippen molar-refractivity contribution >= 4 is 11.7 Å². The maximum absolute atomic E-state index is 12.1. The quantitative estimate of drug-likeness (QED) is 0.655. The van der Waals surface area contributed by atoms with Gasteiger partial charge in [-0.05, 0) is 50.3 Å². The van der Waals surface area contributed by atoms with Crippen molar-refractivity contribution < 1.29 is 14.3 Å². The first-order chi connectivity index (χ1) is 13.0. The Hall–Kier alpha value is -2.66. The Morgan fingerprint density at radius 2 is 1.70 bits per heavy atom. The molecule has 5 heteroatoms. The van der Waals surface area contributed by atoms with Crippen LogP contribution in [0.5, 0.6) is 5.75 Å². The molecule has 0 radical (unpaired) electrons. The van der Waals surface area contributed by atoms with Gasteiger partial charge in [-0.1, -0.05) is 37.3 Å². The van der Waals surface area contributed by atoms with Crippen LogP contribution < -0.4 is 10.1 Å². The van der Waals surface area contributed by atoms with Gasteiger partial charge in [0.25, 0.3) is 5.91 Å². The molecule has 1 atom stereocenters. The summed E-state index contributed by atoms with van der Waals surface area (Å²) in [6, 6.07) is 17.3. The number of benzene rings is 2. The van der Waals surface area contributed by atoms with Gasteiger partial charge in [0.1, 0.15) is 5.75 Å². The van der Waals surface area contributed by atoms with Crippen LogP contribution in [-0.4, -0.2) is 49.9 Å². The SMILES string of the molecule is CCC(=O)c1ccc(OCC(=O)NCC(Cc2ccccc2)N(C)C)cc1. The molecule has 0 aliphatic rings. The average Bonchev–Trinajstić information content (AvgIpc) is 2.69. The van der Waals surface area contributed by atoms with Crippen molar-refractivity contribution in [1.82, 2.24) is 10.2 Å². The molecule has 0 aromatic heterocycles. The molecule has 144 valence electrons. The first kappa shape index (κ1) is 20.6. The number of Topliss-reactive ketones (excluding diaryl/α,β-unsaturated/α-hetero) is 1. The molecule has 0 saturated carbocycles. The monoisotopic (exact) mass is 368 g/mol. The first-order valence-corrected chi connectivity index (χ1v) is 9.22. The van der Waals surface area contributed by atoms with Gasteiger partial charge in [-0.25, -0.2) is 0 Å². The molecule has 0 fully saturated rings. The number of hydrogen-bond acceptors (Lipinski definition) is 4. The number of amides is 1. The molecule has 2 aromatic rings. The Kier molecular flexibility index (Phi) is 8.01. The highest BCUT2D eigenvalue weighted by Crippen LogP contribution is 2.13. The first-order valence-electron chi connectivity index (χ1n) is 9.22. The van der Waals surface area contributed by atoms with E-state index in [9.17, 15) is 9.59 Å². The molecule has 1 amide bonds. The summed E-state index contributed by atoms with van der Waals surface area (Å²) in [5.74, 6) is 0.502. The number of nitrogens with zero attached hydrogens (tertiary/aromatic N) is 1. The van der Waals surface area contributed by atoms with E-state index in [1.165, 1.54) is 5.56 Å². The molecule has 1 unspecified atom stereocenters. The Labute approximate surface area is 161 Å². The van der Waals surface area contributed by atoms with Crippen LogP contribution in [0.4, 0.5) is 0 Å². The number of likely N-dealkylation sites (N-methyl/N-ethyl adjacent to an activating group) is 1. The third kappa shape index (κ3) is 6.87. The summed E-state index contributed by atoms with van der Waals surface area (Å²) in [6.45, 7) is 2.33. The lowest BCUT2D eigenvalue weighted by molar-refractivity contribution is -0.123. The second-order valence-electron chi connectivity index (χ2n) is 6.70. The third-order valence-corrected chi connectivity index (χ3v) is 4.45. The highest BCUT2D eigenvalue weighted by atomic mass is 16.5. The molecular formula is C22H28N2O3. The summed E-state index contributed by atoms with van der Waals surface area (Å²) in [7, 11) is 4.02. The predicted octanol–water partition coefficient (Wildman–Crippen LogP) is 2.95. The highest BCUT2D eigenvalue weighted by Gasteiger charge is 2.14. The van der Waals surface area contributed by atoms with E-state index >= 15 is 0 Å². The van der Waals surface area contributed by atoms with Crippen LogP contribution in [0.25, 0.3) is 0 Å². The van der Waals surface area contributed by atoms with Crippen LogP contribution in [0.15, 0.2) is 54.6 Å². The van der Waals surface area contributed by atoms with Gasteiger partial charge in [0.15, 0.2) is 12.4 Å². The molecule has 0 heterocycles. The predicted molar refractivity (Wildman–Crippen MR) is 107 cm³/mol. The Balaban J connectivity index is 1.79. The van der Waals surface area contributed by atoms with Crippen molar-refractivity contribution in [2.24, 2.45) is 0 Å². The van der Waals surface area contributed by atoms with Crippen molar-refractivity contribution in [2.75, 3.05) is 27.2 Å². The van der Waals surface area contributed by atoms with Crippen LogP contribution in [0.1, 0.15) is 29.3 Å². The van der Waals surface area contributed by atoms with Crippen LogP contribution in [0, 0.1) is 0 Å². The van der Waals surface area contributed by atoms with Gasteiger partial charge >= 0.3 is 0 Å². The minimum absolute atomic E-state index is 0.0491. The number of ketones is 1. The van der Waals surface area contributed by atoms with Crippen molar-refractivity contribution in [3.05, 3.63) is 65.7 Å². The topological polar surface area (TPSA) is 58.6 Å². The van der Waals surface area contributed by atoms with Gasteiger partial charge in [-0.2, -0.15) is 0 Å². The van der Waals surface area contributed by atoms with Crippen molar-refractivity contribution in [2.45, 2.75) is 25.8 Å². The lowest BCUT2D eigenvalue weighted by Crippen LogP contribution is -2.42. The summed E-state index contributed by atoms with van der Waals surface area (Å²) in [6.07, 6.45) is 1.33. The number of carbonyl (C=O) groups is 2. The number of carbonyl (C=O) groups excluding carboxylic acids is 2. The van der Waals surface area contributed by atoms with Crippen LogP contribution in [0.2, 0.25) is 0 Å².